The molecule has 0 saturated heterocycles. The summed E-state index contributed by atoms with van der Waals surface area (Å²) in [6.07, 6.45) is 4.70. The van der Waals surface area contributed by atoms with Crippen LogP contribution in [-0.2, 0) is 0 Å². The molecular weight excluding hydrogens is 210 g/mol. The summed E-state index contributed by atoms with van der Waals surface area (Å²) < 4.78 is 0. The van der Waals surface area contributed by atoms with Crippen molar-refractivity contribution in [3.05, 3.63) is 23.9 Å². The van der Waals surface area contributed by atoms with E-state index in [9.17, 15) is 0 Å². The molecule has 0 N–H and O–H groups in total. The molecule has 0 spiro atoms. The molecule has 3 nitrogen and oxygen atoms in total. The molecule has 92 valence electrons. The fourth-order valence-electron chi connectivity index (χ4n) is 1.70. The molecule has 17 heavy (non-hydrogen) atoms. The van der Waals surface area contributed by atoms with Crippen LogP contribution in [0.1, 0.15) is 45.2 Å². The molecule has 0 radical (unpaired) electrons. The summed E-state index contributed by atoms with van der Waals surface area (Å²) in [4.78, 5) is 6.65. The molecule has 0 amide bonds. The van der Waals surface area contributed by atoms with Crippen molar-refractivity contribution in [3.63, 3.8) is 0 Å². The van der Waals surface area contributed by atoms with E-state index in [-0.39, 0.29) is 0 Å². The Morgan fingerprint density at radius 3 is 2.35 bits per heavy atom. The Morgan fingerprint density at radius 1 is 1.18 bits per heavy atom. The SMILES string of the molecule is CCCCN(CCCC)c1cccc(C#N)n1. The molecule has 0 unspecified atom stereocenters. The first-order valence-corrected chi connectivity index (χ1v) is 6.44. The predicted octanol–water partition coefficient (Wildman–Crippen LogP) is 3.36. The highest BCUT2D eigenvalue weighted by Crippen LogP contribution is 2.13. The van der Waals surface area contributed by atoms with Crippen LogP contribution in [0.4, 0.5) is 5.82 Å². The summed E-state index contributed by atoms with van der Waals surface area (Å²) in [6, 6.07) is 7.75. The van der Waals surface area contributed by atoms with E-state index in [4.69, 9.17) is 5.26 Å². The van der Waals surface area contributed by atoms with E-state index >= 15 is 0 Å². The highest BCUT2D eigenvalue weighted by Gasteiger charge is 2.07. The lowest BCUT2D eigenvalue weighted by Gasteiger charge is -2.23. The van der Waals surface area contributed by atoms with Gasteiger partial charge in [0.25, 0.3) is 0 Å². The molecule has 1 rings (SSSR count). The zero-order valence-corrected chi connectivity index (χ0v) is 10.8. The first-order valence-electron chi connectivity index (χ1n) is 6.44. The third-order valence-corrected chi connectivity index (χ3v) is 2.74. The predicted molar refractivity (Wildman–Crippen MR) is 71.0 cm³/mol. The van der Waals surface area contributed by atoms with Gasteiger partial charge in [-0.15, -0.1) is 0 Å². The van der Waals surface area contributed by atoms with Gasteiger partial charge in [-0.3, -0.25) is 0 Å². The normalized spacial score (nSPS) is 9.94. The Hall–Kier alpha value is -1.56. The van der Waals surface area contributed by atoms with Gasteiger partial charge in [-0.25, -0.2) is 4.98 Å². The Labute approximate surface area is 104 Å². The summed E-state index contributed by atoms with van der Waals surface area (Å²) >= 11 is 0. The monoisotopic (exact) mass is 231 g/mol. The van der Waals surface area contributed by atoms with Crippen molar-refractivity contribution in [2.24, 2.45) is 0 Å². The zero-order chi connectivity index (χ0) is 12.5. The number of nitriles is 1. The number of nitrogens with zero attached hydrogens (tertiary/aromatic N) is 3. The third kappa shape index (κ3) is 4.44. The van der Waals surface area contributed by atoms with Crippen LogP contribution >= 0.6 is 0 Å². The molecule has 0 aromatic carbocycles. The summed E-state index contributed by atoms with van der Waals surface area (Å²) in [5.41, 5.74) is 0.500. The van der Waals surface area contributed by atoms with E-state index in [0.29, 0.717) is 5.69 Å². The molecule has 0 fully saturated rings. The number of rotatable bonds is 7. The van der Waals surface area contributed by atoms with Gasteiger partial charge in [0.2, 0.25) is 0 Å². The molecule has 0 atom stereocenters. The van der Waals surface area contributed by atoms with E-state index in [1.807, 2.05) is 12.1 Å². The molecule has 1 aromatic rings. The lowest BCUT2D eigenvalue weighted by molar-refractivity contribution is 0.671. The topological polar surface area (TPSA) is 39.9 Å². The molecule has 0 aliphatic heterocycles. The van der Waals surface area contributed by atoms with E-state index < -0.39 is 0 Å². The van der Waals surface area contributed by atoms with Crippen LogP contribution in [0, 0.1) is 11.3 Å². The fraction of sp³-hybridized carbons (Fsp3) is 0.571. The number of pyridine rings is 1. The van der Waals surface area contributed by atoms with Gasteiger partial charge < -0.3 is 4.90 Å². The average Bonchev–Trinajstić information content (AvgIpc) is 2.39. The molecule has 1 aromatic heterocycles. The molecule has 3 heteroatoms. The van der Waals surface area contributed by atoms with Crippen LogP contribution in [0.2, 0.25) is 0 Å². The van der Waals surface area contributed by atoms with E-state index in [2.05, 4.69) is 29.8 Å². The lowest BCUT2D eigenvalue weighted by Crippen LogP contribution is -2.26. The standard InChI is InChI=1S/C14H21N3/c1-3-5-10-17(11-6-4-2)14-9-7-8-13(12-15)16-14/h7-9H,3-6,10-11H2,1-2H3. The summed E-state index contributed by atoms with van der Waals surface area (Å²) in [6.45, 7) is 6.44. The van der Waals surface area contributed by atoms with Crippen molar-refractivity contribution < 1.29 is 0 Å². The first kappa shape index (κ1) is 13.5. The quantitative estimate of drug-likeness (QED) is 0.722. The fourth-order valence-corrected chi connectivity index (χ4v) is 1.70. The lowest BCUT2D eigenvalue weighted by atomic mass is 10.2. The van der Waals surface area contributed by atoms with Gasteiger partial charge in [-0.1, -0.05) is 32.8 Å². The second-order valence-electron chi connectivity index (χ2n) is 4.19. The zero-order valence-electron chi connectivity index (χ0n) is 10.8. The van der Waals surface area contributed by atoms with Gasteiger partial charge in [-0.2, -0.15) is 5.26 Å². The van der Waals surface area contributed by atoms with Crippen LogP contribution in [0.3, 0.4) is 0 Å². The van der Waals surface area contributed by atoms with Crippen LogP contribution < -0.4 is 4.90 Å². The van der Waals surface area contributed by atoms with Gasteiger partial charge >= 0.3 is 0 Å². The van der Waals surface area contributed by atoms with Gasteiger partial charge in [0.15, 0.2) is 0 Å². The summed E-state index contributed by atoms with van der Waals surface area (Å²) in [5, 5.41) is 8.86. The minimum atomic E-state index is 0.500. The number of anilines is 1. The van der Waals surface area contributed by atoms with Crippen molar-refractivity contribution in [1.82, 2.24) is 4.98 Å². The van der Waals surface area contributed by atoms with Gasteiger partial charge in [-0.05, 0) is 25.0 Å². The molecule has 0 bridgehead atoms. The smallest absolute Gasteiger partial charge is 0.142 e. The second-order valence-corrected chi connectivity index (χ2v) is 4.19. The van der Waals surface area contributed by atoms with E-state index in [0.717, 1.165) is 18.9 Å². The molecule has 0 aliphatic rings. The van der Waals surface area contributed by atoms with E-state index in [1.165, 1.54) is 25.7 Å². The van der Waals surface area contributed by atoms with Crippen molar-refractivity contribution in [2.75, 3.05) is 18.0 Å². The minimum absolute atomic E-state index is 0.500. The van der Waals surface area contributed by atoms with Crippen molar-refractivity contribution in [2.45, 2.75) is 39.5 Å². The van der Waals surface area contributed by atoms with Crippen LogP contribution in [0.5, 0.6) is 0 Å². The minimum Gasteiger partial charge on any atom is -0.357 e. The number of hydrogen-bond donors (Lipinski definition) is 0. The molecule has 0 aliphatic carbocycles. The number of aromatic nitrogens is 1. The number of unbranched alkanes of at least 4 members (excludes halogenated alkanes) is 2. The first-order chi connectivity index (χ1) is 8.31. The van der Waals surface area contributed by atoms with Crippen LogP contribution in [0.25, 0.3) is 0 Å². The van der Waals surface area contributed by atoms with Crippen molar-refractivity contribution >= 4 is 5.82 Å². The van der Waals surface area contributed by atoms with Gasteiger partial charge in [0.1, 0.15) is 17.6 Å². The Kier molecular flexibility index (Phi) is 6.09. The highest BCUT2D eigenvalue weighted by atomic mass is 15.2. The highest BCUT2D eigenvalue weighted by molar-refractivity contribution is 5.41. The Balaban J connectivity index is 2.75. The maximum absolute atomic E-state index is 8.86. The molecule has 0 saturated carbocycles. The maximum atomic E-state index is 8.86. The maximum Gasteiger partial charge on any atom is 0.142 e. The Morgan fingerprint density at radius 2 is 1.82 bits per heavy atom. The van der Waals surface area contributed by atoms with E-state index in [1.54, 1.807) is 6.07 Å². The summed E-state index contributed by atoms with van der Waals surface area (Å²) in [7, 11) is 0. The summed E-state index contributed by atoms with van der Waals surface area (Å²) in [5.74, 6) is 0.936. The molecular formula is C14H21N3. The van der Waals surface area contributed by atoms with Crippen molar-refractivity contribution in [1.29, 1.82) is 5.26 Å². The Bertz CT molecular complexity index is 360. The molecule has 1 heterocycles. The largest absolute Gasteiger partial charge is 0.357 e. The van der Waals surface area contributed by atoms with Gasteiger partial charge in [0.05, 0.1) is 0 Å². The van der Waals surface area contributed by atoms with Crippen LogP contribution in [-0.4, -0.2) is 18.1 Å². The second kappa shape index (κ2) is 7.67. The average molecular weight is 231 g/mol. The van der Waals surface area contributed by atoms with Gasteiger partial charge in [0, 0.05) is 13.1 Å². The third-order valence-electron chi connectivity index (χ3n) is 2.74. The van der Waals surface area contributed by atoms with Crippen LogP contribution in [0.15, 0.2) is 18.2 Å². The van der Waals surface area contributed by atoms with Crippen molar-refractivity contribution in [3.8, 4) is 6.07 Å². The number of hydrogen-bond acceptors (Lipinski definition) is 3.